The minimum atomic E-state index is -0.410. The van der Waals surface area contributed by atoms with E-state index in [0.717, 1.165) is 25.2 Å². The molecule has 1 saturated heterocycles. The number of rotatable bonds is 3. The maximum Gasteiger partial charge on any atom is 0.248 e. The molecular weight excluding hydrogens is 232 g/mol. The molecule has 0 bridgehead atoms. The molecular formula is C13H18N2O3. The second-order valence-electron chi connectivity index (χ2n) is 4.48. The van der Waals surface area contributed by atoms with Crippen LogP contribution in [0.4, 0.5) is 0 Å². The second-order valence-corrected chi connectivity index (χ2v) is 4.48. The Kier molecular flexibility index (Phi) is 4.17. The van der Waals surface area contributed by atoms with Gasteiger partial charge < -0.3 is 15.1 Å². The molecule has 5 heteroatoms. The summed E-state index contributed by atoms with van der Waals surface area (Å²) in [7, 11) is 0. The van der Waals surface area contributed by atoms with Gasteiger partial charge in [-0.05, 0) is 17.7 Å². The van der Waals surface area contributed by atoms with Crippen molar-refractivity contribution in [3.63, 3.8) is 0 Å². The number of aromatic hydroxyl groups is 1. The molecule has 0 spiro atoms. The molecule has 98 valence electrons. The lowest BCUT2D eigenvalue weighted by molar-refractivity contribution is -0.135. The monoisotopic (exact) mass is 250 g/mol. The summed E-state index contributed by atoms with van der Waals surface area (Å²) in [4.78, 5) is 15.2. The van der Waals surface area contributed by atoms with Crippen molar-refractivity contribution in [3.05, 3.63) is 29.8 Å². The van der Waals surface area contributed by atoms with Gasteiger partial charge in [0, 0.05) is 32.7 Å². The standard InChI is InChI=1S/C13H18N2O3/c16-10-13(18)15-6-4-14(5-7-15)9-11-2-1-3-12(17)8-11/h1-3,8,16-17H,4-7,9-10H2. The summed E-state index contributed by atoms with van der Waals surface area (Å²) in [5, 5.41) is 18.2. The van der Waals surface area contributed by atoms with Gasteiger partial charge in [0.05, 0.1) is 0 Å². The molecule has 1 heterocycles. The smallest absolute Gasteiger partial charge is 0.248 e. The van der Waals surface area contributed by atoms with Gasteiger partial charge in [-0.2, -0.15) is 0 Å². The Morgan fingerprint density at radius 1 is 1.22 bits per heavy atom. The quantitative estimate of drug-likeness (QED) is 0.794. The van der Waals surface area contributed by atoms with E-state index in [1.165, 1.54) is 0 Å². The van der Waals surface area contributed by atoms with Gasteiger partial charge >= 0.3 is 0 Å². The molecule has 1 aliphatic heterocycles. The van der Waals surface area contributed by atoms with Crippen LogP contribution >= 0.6 is 0 Å². The number of benzene rings is 1. The van der Waals surface area contributed by atoms with E-state index in [4.69, 9.17) is 5.11 Å². The third kappa shape index (κ3) is 3.21. The van der Waals surface area contributed by atoms with Crippen molar-refractivity contribution in [1.29, 1.82) is 0 Å². The SMILES string of the molecule is O=C(CO)N1CCN(Cc2cccc(O)c2)CC1. The first kappa shape index (κ1) is 12.9. The number of amides is 1. The van der Waals surface area contributed by atoms with Crippen molar-refractivity contribution < 1.29 is 15.0 Å². The van der Waals surface area contributed by atoms with Crippen molar-refractivity contribution in [1.82, 2.24) is 9.80 Å². The number of phenols is 1. The minimum absolute atomic E-state index is 0.202. The number of aliphatic hydroxyl groups is 1. The normalized spacial score (nSPS) is 16.8. The Hall–Kier alpha value is -1.59. The molecule has 0 aliphatic carbocycles. The molecule has 1 aliphatic rings. The van der Waals surface area contributed by atoms with E-state index in [2.05, 4.69) is 4.90 Å². The van der Waals surface area contributed by atoms with Crippen molar-refractivity contribution in [3.8, 4) is 5.75 Å². The van der Waals surface area contributed by atoms with Crippen LogP contribution in [-0.2, 0) is 11.3 Å². The summed E-state index contributed by atoms with van der Waals surface area (Å²) in [6.45, 7) is 3.25. The summed E-state index contributed by atoms with van der Waals surface area (Å²) in [6, 6.07) is 7.22. The van der Waals surface area contributed by atoms with Crippen LogP contribution in [0, 0.1) is 0 Å². The highest BCUT2D eigenvalue weighted by molar-refractivity contribution is 5.77. The van der Waals surface area contributed by atoms with Gasteiger partial charge in [0.2, 0.25) is 5.91 Å². The highest BCUT2D eigenvalue weighted by Gasteiger charge is 2.20. The number of piperazine rings is 1. The van der Waals surface area contributed by atoms with Crippen LogP contribution in [0.2, 0.25) is 0 Å². The van der Waals surface area contributed by atoms with Crippen LogP contribution in [0.1, 0.15) is 5.56 Å². The maximum atomic E-state index is 11.3. The molecule has 0 saturated carbocycles. The lowest BCUT2D eigenvalue weighted by Crippen LogP contribution is -2.49. The predicted molar refractivity (Wildman–Crippen MR) is 67.0 cm³/mol. The summed E-state index contributed by atoms with van der Waals surface area (Å²) in [5.41, 5.74) is 1.07. The van der Waals surface area contributed by atoms with Gasteiger partial charge in [-0.3, -0.25) is 9.69 Å². The van der Waals surface area contributed by atoms with Gasteiger partial charge in [0.15, 0.2) is 0 Å². The van der Waals surface area contributed by atoms with Crippen molar-refractivity contribution in [2.75, 3.05) is 32.8 Å². The van der Waals surface area contributed by atoms with Crippen LogP contribution in [0.3, 0.4) is 0 Å². The van der Waals surface area contributed by atoms with Crippen molar-refractivity contribution in [2.45, 2.75) is 6.54 Å². The average molecular weight is 250 g/mol. The lowest BCUT2D eigenvalue weighted by atomic mass is 10.2. The number of aliphatic hydroxyl groups excluding tert-OH is 1. The third-order valence-corrected chi connectivity index (χ3v) is 3.18. The van der Waals surface area contributed by atoms with E-state index >= 15 is 0 Å². The van der Waals surface area contributed by atoms with Crippen LogP contribution in [0.5, 0.6) is 5.75 Å². The fraction of sp³-hybridized carbons (Fsp3) is 0.462. The first-order valence-corrected chi connectivity index (χ1v) is 6.08. The van der Waals surface area contributed by atoms with Crippen molar-refractivity contribution in [2.24, 2.45) is 0 Å². The Balaban J connectivity index is 1.85. The maximum absolute atomic E-state index is 11.3. The summed E-state index contributed by atoms with van der Waals surface area (Å²) in [6.07, 6.45) is 0. The molecule has 5 nitrogen and oxygen atoms in total. The van der Waals surface area contributed by atoms with E-state index in [1.807, 2.05) is 12.1 Å². The highest BCUT2D eigenvalue weighted by Crippen LogP contribution is 2.14. The Morgan fingerprint density at radius 2 is 1.94 bits per heavy atom. The van der Waals surface area contributed by atoms with E-state index < -0.39 is 6.61 Å². The zero-order chi connectivity index (χ0) is 13.0. The van der Waals surface area contributed by atoms with Crippen LogP contribution in [0.15, 0.2) is 24.3 Å². The average Bonchev–Trinajstić information content (AvgIpc) is 2.39. The number of phenolic OH excluding ortho intramolecular Hbond substituents is 1. The molecule has 0 unspecified atom stereocenters. The lowest BCUT2D eigenvalue weighted by Gasteiger charge is -2.34. The number of hydrogen-bond donors (Lipinski definition) is 2. The van der Waals surface area contributed by atoms with Crippen LogP contribution in [0.25, 0.3) is 0 Å². The Labute approximate surface area is 106 Å². The minimum Gasteiger partial charge on any atom is -0.508 e. The topological polar surface area (TPSA) is 64.0 Å². The molecule has 0 atom stereocenters. The Morgan fingerprint density at radius 3 is 2.56 bits per heavy atom. The zero-order valence-electron chi connectivity index (χ0n) is 10.2. The molecule has 0 aromatic heterocycles. The van der Waals surface area contributed by atoms with Gasteiger partial charge in [-0.15, -0.1) is 0 Å². The highest BCUT2D eigenvalue weighted by atomic mass is 16.3. The van der Waals surface area contributed by atoms with Gasteiger partial charge in [0.1, 0.15) is 12.4 Å². The summed E-state index contributed by atoms with van der Waals surface area (Å²) in [5.74, 6) is 0.0774. The third-order valence-electron chi connectivity index (χ3n) is 3.18. The van der Waals surface area contributed by atoms with Gasteiger partial charge in [-0.1, -0.05) is 12.1 Å². The fourth-order valence-corrected chi connectivity index (χ4v) is 2.17. The summed E-state index contributed by atoms with van der Waals surface area (Å²) < 4.78 is 0. The predicted octanol–water partition coefficient (Wildman–Crippen LogP) is 0.0287. The summed E-state index contributed by atoms with van der Waals surface area (Å²) >= 11 is 0. The van der Waals surface area contributed by atoms with Gasteiger partial charge in [-0.25, -0.2) is 0 Å². The van der Waals surface area contributed by atoms with E-state index in [-0.39, 0.29) is 11.7 Å². The molecule has 0 radical (unpaired) electrons. The molecule has 1 aromatic carbocycles. The van der Waals surface area contributed by atoms with Crippen LogP contribution < -0.4 is 0 Å². The fourth-order valence-electron chi connectivity index (χ4n) is 2.17. The number of carbonyl (C=O) groups excluding carboxylic acids is 1. The molecule has 1 amide bonds. The molecule has 2 rings (SSSR count). The molecule has 2 N–H and O–H groups in total. The number of nitrogens with zero attached hydrogens (tertiary/aromatic N) is 2. The first-order valence-electron chi connectivity index (χ1n) is 6.08. The molecule has 1 fully saturated rings. The largest absolute Gasteiger partial charge is 0.508 e. The Bertz CT molecular complexity index is 414. The van der Waals surface area contributed by atoms with E-state index in [1.54, 1.807) is 17.0 Å². The van der Waals surface area contributed by atoms with Gasteiger partial charge in [0.25, 0.3) is 0 Å². The zero-order valence-corrected chi connectivity index (χ0v) is 10.2. The van der Waals surface area contributed by atoms with Crippen molar-refractivity contribution >= 4 is 5.91 Å². The number of hydrogen-bond acceptors (Lipinski definition) is 4. The molecule has 1 aromatic rings. The van der Waals surface area contributed by atoms with E-state index in [0.29, 0.717) is 13.1 Å². The number of carbonyl (C=O) groups is 1. The van der Waals surface area contributed by atoms with E-state index in [9.17, 15) is 9.90 Å². The first-order chi connectivity index (χ1) is 8.69. The molecule has 18 heavy (non-hydrogen) atoms. The second kappa shape index (κ2) is 5.84. The van der Waals surface area contributed by atoms with Crippen LogP contribution in [-0.4, -0.2) is 58.7 Å².